The summed E-state index contributed by atoms with van der Waals surface area (Å²) in [5.41, 5.74) is -0.501. The van der Waals surface area contributed by atoms with Crippen LogP contribution in [0.1, 0.15) is 44.7 Å². The topological polar surface area (TPSA) is 125 Å². The molecule has 3 aliphatic rings. The molecule has 3 heterocycles. The minimum absolute atomic E-state index is 0.0594. The number of esters is 1. The Balaban J connectivity index is 1.64. The molecule has 3 fully saturated rings. The van der Waals surface area contributed by atoms with E-state index in [1.807, 2.05) is 44.2 Å². The number of halogens is 1. The van der Waals surface area contributed by atoms with Crippen LogP contribution in [0.2, 0.25) is 0 Å². The van der Waals surface area contributed by atoms with Crippen LogP contribution in [-0.2, 0) is 28.7 Å². The highest BCUT2D eigenvalue weighted by molar-refractivity contribution is 9.09. The Labute approximate surface area is 255 Å². The number of alkyl halides is 1. The molecule has 0 radical (unpaired) electrons. The van der Waals surface area contributed by atoms with Gasteiger partial charge in [0.2, 0.25) is 17.7 Å². The summed E-state index contributed by atoms with van der Waals surface area (Å²) in [7, 11) is 0. The summed E-state index contributed by atoms with van der Waals surface area (Å²) in [6.45, 7) is 11.0. The standard InChI is InChI=1S/C31H40BrN3O7/c1-5-7-13-23(37)41-18-22(20-11-9-8-10-12-20)33-28(38)24-25-29(39)35(15-16-36)27(30(40)34(14-6-2)19(3)4)31(25)17-21(32)26(24)42-31/h5-6,8-12,19,21-22,24-27,36H,1-2,7,13-18H2,3-4H3,(H,33,38)/t21?,22-,24+,25-,26+,27+,31-/m0/s1. The fourth-order valence-electron chi connectivity index (χ4n) is 6.55. The number of nitrogens with one attached hydrogen (secondary N) is 1. The lowest BCUT2D eigenvalue weighted by atomic mass is 9.70. The van der Waals surface area contributed by atoms with E-state index in [-0.39, 0.29) is 55.4 Å². The molecular formula is C31H40BrN3O7. The molecule has 1 aromatic carbocycles. The van der Waals surface area contributed by atoms with Crippen LogP contribution in [0.15, 0.2) is 55.6 Å². The molecule has 7 atom stereocenters. The largest absolute Gasteiger partial charge is 0.463 e. The minimum Gasteiger partial charge on any atom is -0.463 e. The maximum atomic E-state index is 14.1. The van der Waals surface area contributed by atoms with Crippen molar-refractivity contribution in [3.05, 3.63) is 61.2 Å². The van der Waals surface area contributed by atoms with Crippen LogP contribution < -0.4 is 5.32 Å². The Hall–Kier alpha value is -3.02. The van der Waals surface area contributed by atoms with E-state index in [2.05, 4.69) is 34.4 Å². The van der Waals surface area contributed by atoms with Crippen molar-refractivity contribution in [3.8, 4) is 0 Å². The van der Waals surface area contributed by atoms with Crippen LogP contribution in [0.3, 0.4) is 0 Å². The number of aliphatic hydroxyl groups is 1. The third-order valence-corrected chi connectivity index (χ3v) is 9.23. The normalized spacial score (nSPS) is 28.4. The third-order valence-electron chi connectivity index (χ3n) is 8.38. The SMILES string of the molecule is C=CCCC(=O)OC[C@H](NC(=O)[C@H]1[C@@H]2O[C@@]3(CC2Br)[C@@H]1C(=O)N(CCO)[C@@H]3C(=O)N(CC=C)C(C)C)c1ccccc1. The lowest BCUT2D eigenvalue weighted by molar-refractivity contribution is -0.149. The van der Waals surface area contributed by atoms with Gasteiger partial charge in [0.15, 0.2) is 0 Å². The first-order valence-electron chi connectivity index (χ1n) is 14.4. The number of fused-ring (bicyclic) bond motifs is 1. The first-order valence-corrected chi connectivity index (χ1v) is 15.3. The summed E-state index contributed by atoms with van der Waals surface area (Å²) in [5, 5.41) is 12.9. The molecule has 3 saturated heterocycles. The summed E-state index contributed by atoms with van der Waals surface area (Å²) in [4.78, 5) is 57.1. The molecule has 0 aliphatic carbocycles. The zero-order valence-corrected chi connectivity index (χ0v) is 25.7. The number of ether oxygens (including phenoxy) is 2. The van der Waals surface area contributed by atoms with Crippen LogP contribution in [0.5, 0.6) is 0 Å². The molecule has 1 aromatic rings. The molecule has 4 rings (SSSR count). The van der Waals surface area contributed by atoms with Gasteiger partial charge in [-0.15, -0.1) is 13.2 Å². The van der Waals surface area contributed by atoms with Gasteiger partial charge in [-0.25, -0.2) is 0 Å². The maximum absolute atomic E-state index is 14.1. The molecule has 1 spiro atoms. The molecule has 228 valence electrons. The number of β-amino-alcohol motifs (C(OH)–C–C–N with tert-alkyl or cyclic N) is 1. The molecule has 10 nitrogen and oxygen atoms in total. The molecule has 1 unspecified atom stereocenters. The quantitative estimate of drug-likeness (QED) is 0.181. The predicted molar refractivity (Wildman–Crippen MR) is 159 cm³/mol. The highest BCUT2D eigenvalue weighted by Crippen LogP contribution is 2.60. The Morgan fingerprint density at radius 2 is 1.98 bits per heavy atom. The average molecular weight is 647 g/mol. The van der Waals surface area contributed by atoms with E-state index in [0.717, 1.165) is 5.56 Å². The molecule has 0 saturated carbocycles. The number of hydrogen-bond donors (Lipinski definition) is 2. The molecule has 42 heavy (non-hydrogen) atoms. The van der Waals surface area contributed by atoms with E-state index in [1.165, 1.54) is 4.90 Å². The number of carbonyl (C=O) groups is 4. The summed E-state index contributed by atoms with van der Waals surface area (Å²) >= 11 is 3.67. The van der Waals surface area contributed by atoms with Crippen molar-refractivity contribution < 1.29 is 33.8 Å². The zero-order valence-electron chi connectivity index (χ0n) is 24.1. The monoisotopic (exact) mass is 645 g/mol. The number of amides is 3. The van der Waals surface area contributed by atoms with Gasteiger partial charge in [0.25, 0.3) is 0 Å². The van der Waals surface area contributed by atoms with Gasteiger partial charge in [0, 0.05) is 30.4 Å². The van der Waals surface area contributed by atoms with Crippen molar-refractivity contribution in [1.82, 2.24) is 15.1 Å². The number of allylic oxidation sites excluding steroid dienone is 1. The molecule has 11 heteroatoms. The lowest BCUT2D eigenvalue weighted by Crippen LogP contribution is -2.58. The molecule has 2 N–H and O–H groups in total. The zero-order chi connectivity index (χ0) is 30.6. The van der Waals surface area contributed by atoms with Crippen molar-refractivity contribution in [2.24, 2.45) is 11.8 Å². The first kappa shape index (κ1) is 31.9. The number of rotatable bonds is 14. The van der Waals surface area contributed by atoms with Gasteiger partial charge >= 0.3 is 5.97 Å². The van der Waals surface area contributed by atoms with Gasteiger partial charge in [-0.2, -0.15) is 0 Å². The Bertz CT molecular complexity index is 1190. The summed E-state index contributed by atoms with van der Waals surface area (Å²) in [6, 6.07) is 7.31. The van der Waals surface area contributed by atoms with Crippen molar-refractivity contribution in [2.45, 2.75) is 67.8 Å². The molecular weight excluding hydrogens is 606 g/mol. The fraction of sp³-hybridized carbons (Fsp3) is 0.548. The average Bonchev–Trinajstić information content (AvgIpc) is 3.56. The first-order chi connectivity index (χ1) is 20.1. The second-order valence-electron chi connectivity index (χ2n) is 11.3. The third kappa shape index (κ3) is 5.91. The lowest BCUT2D eigenvalue weighted by Gasteiger charge is -2.38. The van der Waals surface area contributed by atoms with Crippen LogP contribution >= 0.6 is 15.9 Å². The highest BCUT2D eigenvalue weighted by atomic mass is 79.9. The molecule has 3 aliphatic heterocycles. The van der Waals surface area contributed by atoms with Crippen LogP contribution in [0.4, 0.5) is 0 Å². The van der Waals surface area contributed by atoms with Crippen molar-refractivity contribution in [2.75, 3.05) is 26.3 Å². The summed E-state index contributed by atoms with van der Waals surface area (Å²) in [5.74, 6) is -3.34. The van der Waals surface area contributed by atoms with E-state index in [4.69, 9.17) is 9.47 Å². The summed E-state index contributed by atoms with van der Waals surface area (Å²) < 4.78 is 12.0. The Kier molecular flexibility index (Phi) is 10.3. The molecule has 2 bridgehead atoms. The van der Waals surface area contributed by atoms with E-state index in [1.54, 1.807) is 17.1 Å². The number of aliphatic hydroxyl groups excluding tert-OH is 1. The van der Waals surface area contributed by atoms with E-state index in [9.17, 15) is 24.3 Å². The van der Waals surface area contributed by atoms with Crippen LogP contribution in [0.25, 0.3) is 0 Å². The van der Waals surface area contributed by atoms with Crippen molar-refractivity contribution in [1.29, 1.82) is 0 Å². The van der Waals surface area contributed by atoms with Gasteiger partial charge in [0.1, 0.15) is 18.2 Å². The smallest absolute Gasteiger partial charge is 0.306 e. The number of benzene rings is 1. The van der Waals surface area contributed by atoms with Crippen LogP contribution in [-0.4, -0.2) is 93.5 Å². The van der Waals surface area contributed by atoms with Gasteiger partial charge in [-0.1, -0.05) is 58.4 Å². The number of hydrogen-bond acceptors (Lipinski definition) is 7. The second-order valence-corrected chi connectivity index (χ2v) is 12.5. The second kappa shape index (κ2) is 13.5. The Morgan fingerprint density at radius 3 is 2.60 bits per heavy atom. The fourth-order valence-corrected chi connectivity index (χ4v) is 7.49. The van der Waals surface area contributed by atoms with Gasteiger partial charge in [0.05, 0.1) is 30.6 Å². The number of likely N-dealkylation sites (tertiary alicyclic amines) is 1. The van der Waals surface area contributed by atoms with Gasteiger partial charge in [-0.05, 0) is 32.3 Å². The minimum atomic E-state index is -1.24. The maximum Gasteiger partial charge on any atom is 0.306 e. The molecule has 3 amide bonds. The van der Waals surface area contributed by atoms with Crippen LogP contribution in [0, 0.1) is 11.8 Å². The van der Waals surface area contributed by atoms with E-state index in [0.29, 0.717) is 12.8 Å². The summed E-state index contributed by atoms with van der Waals surface area (Å²) in [6.07, 6.45) is 3.63. The van der Waals surface area contributed by atoms with Gasteiger partial charge < -0.3 is 29.7 Å². The van der Waals surface area contributed by atoms with E-state index < -0.39 is 47.5 Å². The number of carbonyl (C=O) groups excluding carboxylic acids is 4. The molecule has 0 aromatic heterocycles. The van der Waals surface area contributed by atoms with Crippen molar-refractivity contribution in [3.63, 3.8) is 0 Å². The van der Waals surface area contributed by atoms with Gasteiger partial charge in [-0.3, -0.25) is 19.2 Å². The Morgan fingerprint density at radius 1 is 1.26 bits per heavy atom. The van der Waals surface area contributed by atoms with Crippen molar-refractivity contribution >= 4 is 39.6 Å². The highest BCUT2D eigenvalue weighted by Gasteiger charge is 2.76. The predicted octanol–water partition coefficient (Wildman–Crippen LogP) is 2.52. The van der Waals surface area contributed by atoms with E-state index >= 15 is 0 Å². The number of nitrogens with zero attached hydrogens (tertiary/aromatic N) is 2.